The van der Waals surface area contributed by atoms with Crippen LogP contribution in [-0.4, -0.2) is 43.8 Å². The molecule has 1 heterocycles. The molecule has 2 nitrogen and oxygen atoms in total. The predicted molar refractivity (Wildman–Crippen MR) is 58.4 cm³/mol. The van der Waals surface area contributed by atoms with Crippen LogP contribution in [0.25, 0.3) is 0 Å². The number of piperidine rings is 1. The summed E-state index contributed by atoms with van der Waals surface area (Å²) in [7, 11) is 1.76. The Morgan fingerprint density at radius 2 is 2.06 bits per heavy atom. The van der Waals surface area contributed by atoms with Gasteiger partial charge in [-0.15, -0.1) is 0 Å². The highest BCUT2D eigenvalue weighted by atomic mass is 19.4. The molecular formula is C11H21F3N2. The Morgan fingerprint density at radius 3 is 2.62 bits per heavy atom. The van der Waals surface area contributed by atoms with Gasteiger partial charge < -0.3 is 10.2 Å². The van der Waals surface area contributed by atoms with E-state index in [-0.39, 0.29) is 6.54 Å². The maximum absolute atomic E-state index is 12.0. The van der Waals surface area contributed by atoms with E-state index in [1.54, 1.807) is 11.9 Å². The van der Waals surface area contributed by atoms with Crippen LogP contribution in [0.3, 0.4) is 0 Å². The molecule has 0 aliphatic carbocycles. The fourth-order valence-electron chi connectivity index (χ4n) is 2.14. The van der Waals surface area contributed by atoms with Crippen molar-refractivity contribution in [2.24, 2.45) is 5.92 Å². The Labute approximate surface area is 95.2 Å². The first-order valence-electron chi connectivity index (χ1n) is 5.85. The van der Waals surface area contributed by atoms with Gasteiger partial charge >= 0.3 is 6.18 Å². The van der Waals surface area contributed by atoms with Crippen LogP contribution in [0.15, 0.2) is 0 Å². The Kier molecular flexibility index (Phi) is 5.05. The zero-order chi connectivity index (χ0) is 12.2. The second kappa shape index (κ2) is 5.87. The van der Waals surface area contributed by atoms with E-state index in [1.165, 1.54) is 6.42 Å². The van der Waals surface area contributed by atoms with E-state index < -0.39 is 12.6 Å². The summed E-state index contributed by atoms with van der Waals surface area (Å²) in [4.78, 5) is 1.77. The summed E-state index contributed by atoms with van der Waals surface area (Å²) in [5.74, 6) is 0.683. The van der Waals surface area contributed by atoms with Crippen molar-refractivity contribution >= 4 is 0 Å². The fraction of sp³-hybridized carbons (Fsp3) is 1.00. The quantitative estimate of drug-likeness (QED) is 0.808. The van der Waals surface area contributed by atoms with E-state index in [0.717, 1.165) is 13.0 Å². The largest absolute Gasteiger partial charge is 0.390 e. The second-order valence-electron chi connectivity index (χ2n) is 4.91. The minimum Gasteiger partial charge on any atom is -0.313 e. The SMILES string of the molecule is CC1CCNC(CN(C)CCC(F)(F)F)C1. The van der Waals surface area contributed by atoms with Gasteiger partial charge in [0.1, 0.15) is 0 Å². The molecule has 1 aliphatic heterocycles. The van der Waals surface area contributed by atoms with Crippen molar-refractivity contribution in [3.8, 4) is 0 Å². The third-order valence-electron chi connectivity index (χ3n) is 3.07. The number of halogens is 3. The van der Waals surface area contributed by atoms with Crippen LogP contribution >= 0.6 is 0 Å². The summed E-state index contributed by atoms with van der Waals surface area (Å²) < 4.78 is 36.0. The lowest BCUT2D eigenvalue weighted by atomic mass is 9.94. The molecule has 16 heavy (non-hydrogen) atoms. The number of nitrogens with one attached hydrogen (secondary N) is 1. The smallest absolute Gasteiger partial charge is 0.313 e. The number of nitrogens with zero attached hydrogens (tertiary/aromatic N) is 1. The summed E-state index contributed by atoms with van der Waals surface area (Å²) in [5.41, 5.74) is 0. The van der Waals surface area contributed by atoms with Crippen molar-refractivity contribution in [1.29, 1.82) is 0 Å². The van der Waals surface area contributed by atoms with Crippen LogP contribution < -0.4 is 5.32 Å². The Morgan fingerprint density at radius 1 is 1.38 bits per heavy atom. The maximum atomic E-state index is 12.0. The highest BCUT2D eigenvalue weighted by Gasteiger charge is 2.27. The first kappa shape index (κ1) is 13.8. The zero-order valence-electron chi connectivity index (χ0n) is 9.98. The van der Waals surface area contributed by atoms with Gasteiger partial charge in [-0.2, -0.15) is 13.2 Å². The molecule has 1 saturated heterocycles. The minimum atomic E-state index is -4.04. The molecule has 1 aliphatic rings. The van der Waals surface area contributed by atoms with Gasteiger partial charge in [0.05, 0.1) is 6.42 Å². The van der Waals surface area contributed by atoms with E-state index in [9.17, 15) is 13.2 Å². The lowest BCUT2D eigenvalue weighted by molar-refractivity contribution is -0.137. The molecule has 0 aromatic carbocycles. The first-order chi connectivity index (χ1) is 7.37. The van der Waals surface area contributed by atoms with Crippen LogP contribution in [-0.2, 0) is 0 Å². The van der Waals surface area contributed by atoms with Crippen molar-refractivity contribution in [2.75, 3.05) is 26.7 Å². The molecule has 0 aromatic rings. The monoisotopic (exact) mass is 238 g/mol. The summed E-state index contributed by atoms with van der Waals surface area (Å²) >= 11 is 0. The lowest BCUT2D eigenvalue weighted by Crippen LogP contribution is -2.45. The number of hydrogen-bond donors (Lipinski definition) is 1. The van der Waals surface area contributed by atoms with Gasteiger partial charge in [-0.25, -0.2) is 0 Å². The molecule has 0 radical (unpaired) electrons. The Balaban J connectivity index is 2.20. The average Bonchev–Trinajstić information content (AvgIpc) is 2.14. The number of alkyl halides is 3. The third-order valence-corrected chi connectivity index (χ3v) is 3.07. The molecule has 1 rings (SSSR count). The van der Waals surface area contributed by atoms with Gasteiger partial charge in [0.15, 0.2) is 0 Å². The average molecular weight is 238 g/mol. The number of hydrogen-bond acceptors (Lipinski definition) is 2. The van der Waals surface area contributed by atoms with Crippen molar-refractivity contribution in [2.45, 2.75) is 38.4 Å². The Hall–Kier alpha value is -0.290. The van der Waals surface area contributed by atoms with Gasteiger partial charge in [-0.3, -0.25) is 0 Å². The number of rotatable bonds is 4. The molecule has 1 fully saturated rings. The molecule has 0 bridgehead atoms. The fourth-order valence-corrected chi connectivity index (χ4v) is 2.14. The van der Waals surface area contributed by atoms with Crippen LogP contribution in [0.2, 0.25) is 0 Å². The van der Waals surface area contributed by atoms with Crippen molar-refractivity contribution in [1.82, 2.24) is 10.2 Å². The molecule has 0 aromatic heterocycles. The van der Waals surface area contributed by atoms with Crippen molar-refractivity contribution < 1.29 is 13.2 Å². The molecule has 1 N–H and O–H groups in total. The normalized spacial score (nSPS) is 27.4. The minimum absolute atomic E-state index is 0.0933. The summed E-state index contributed by atoms with van der Waals surface area (Å²) in [6, 6.07) is 0.349. The summed E-state index contributed by atoms with van der Waals surface area (Å²) in [6.45, 7) is 3.99. The van der Waals surface area contributed by atoms with E-state index >= 15 is 0 Å². The summed E-state index contributed by atoms with van der Waals surface area (Å²) in [6.07, 6.45) is -2.52. The zero-order valence-corrected chi connectivity index (χ0v) is 9.98. The van der Waals surface area contributed by atoms with Crippen LogP contribution in [0.5, 0.6) is 0 Å². The Bertz CT molecular complexity index is 206. The lowest BCUT2D eigenvalue weighted by Gasteiger charge is -2.31. The van der Waals surface area contributed by atoms with E-state index in [2.05, 4.69) is 12.2 Å². The van der Waals surface area contributed by atoms with Crippen molar-refractivity contribution in [3.05, 3.63) is 0 Å². The number of likely N-dealkylation sites (N-methyl/N-ethyl adjacent to an activating group) is 1. The predicted octanol–water partition coefficient (Wildman–Crippen LogP) is 2.26. The van der Waals surface area contributed by atoms with Crippen LogP contribution in [0, 0.1) is 5.92 Å². The molecule has 2 atom stereocenters. The second-order valence-corrected chi connectivity index (χ2v) is 4.91. The maximum Gasteiger partial charge on any atom is 0.390 e. The van der Waals surface area contributed by atoms with Gasteiger partial charge in [0, 0.05) is 19.1 Å². The molecule has 0 spiro atoms. The molecule has 96 valence electrons. The third kappa shape index (κ3) is 5.70. The van der Waals surface area contributed by atoms with E-state index in [0.29, 0.717) is 18.5 Å². The molecule has 2 unspecified atom stereocenters. The molecular weight excluding hydrogens is 217 g/mol. The standard InChI is InChI=1S/C11H21F3N2/c1-9-3-5-15-10(7-9)8-16(2)6-4-11(12,13)14/h9-10,15H,3-8H2,1-2H3. The highest BCUT2D eigenvalue weighted by molar-refractivity contribution is 4.78. The van der Waals surface area contributed by atoms with Gasteiger partial charge in [-0.05, 0) is 32.4 Å². The van der Waals surface area contributed by atoms with E-state index in [4.69, 9.17) is 0 Å². The van der Waals surface area contributed by atoms with Crippen molar-refractivity contribution in [3.63, 3.8) is 0 Å². The molecule has 0 saturated carbocycles. The molecule has 0 amide bonds. The van der Waals surface area contributed by atoms with Gasteiger partial charge in [0.25, 0.3) is 0 Å². The first-order valence-corrected chi connectivity index (χ1v) is 5.85. The van der Waals surface area contributed by atoms with Gasteiger partial charge in [0.2, 0.25) is 0 Å². The highest BCUT2D eigenvalue weighted by Crippen LogP contribution is 2.20. The van der Waals surface area contributed by atoms with E-state index in [1.807, 2.05) is 0 Å². The van der Waals surface area contributed by atoms with Crippen LogP contribution in [0.4, 0.5) is 13.2 Å². The summed E-state index contributed by atoms with van der Waals surface area (Å²) in [5, 5.41) is 3.35. The topological polar surface area (TPSA) is 15.3 Å². The van der Waals surface area contributed by atoms with Crippen LogP contribution in [0.1, 0.15) is 26.2 Å². The molecule has 5 heteroatoms. The van der Waals surface area contributed by atoms with Gasteiger partial charge in [-0.1, -0.05) is 6.92 Å².